The smallest absolute Gasteiger partial charge is 0.400 e. The maximum absolute atomic E-state index is 13.0. The molecule has 1 aliphatic rings. The largest absolute Gasteiger partial charge is 0.621 e. The summed E-state index contributed by atoms with van der Waals surface area (Å²) in [5.74, 6) is 0.283. The highest BCUT2D eigenvalue weighted by molar-refractivity contribution is 5.90. The highest BCUT2D eigenvalue weighted by Crippen LogP contribution is 2.39. The molecule has 0 radical (unpaired) electrons. The maximum Gasteiger partial charge on any atom is 0.400 e. The van der Waals surface area contributed by atoms with Crippen LogP contribution in [0.15, 0.2) is 30.3 Å². The summed E-state index contributed by atoms with van der Waals surface area (Å²) in [5, 5.41) is 25.1. The molecule has 2 rings (SSSR count). The molecule has 0 unspecified atom stereocenters. The normalized spacial score (nSPS) is 22.4. The van der Waals surface area contributed by atoms with Gasteiger partial charge in [-0.2, -0.15) is 4.74 Å². The summed E-state index contributed by atoms with van der Waals surface area (Å²) in [6, 6.07) is 9.46. The van der Waals surface area contributed by atoms with Crippen LogP contribution < -0.4 is 0 Å². The van der Waals surface area contributed by atoms with Gasteiger partial charge in [0.2, 0.25) is 0 Å². The van der Waals surface area contributed by atoms with Crippen molar-refractivity contribution in [2.45, 2.75) is 84.0 Å². The average molecular weight is 348 g/mol. The fourth-order valence-corrected chi connectivity index (χ4v) is 3.64. The minimum Gasteiger partial charge on any atom is -0.621 e. The fourth-order valence-electron chi connectivity index (χ4n) is 3.64. The van der Waals surface area contributed by atoms with Crippen molar-refractivity contribution in [2.24, 2.45) is 0 Å². The number of aliphatic hydroxyl groups excluding tert-OH is 1. The number of nitrogens with zero attached hydrogens (tertiary/aromatic N) is 2. The van der Waals surface area contributed by atoms with Crippen molar-refractivity contribution in [3.63, 3.8) is 0 Å². The Morgan fingerprint density at radius 1 is 1.12 bits per heavy atom. The van der Waals surface area contributed by atoms with E-state index in [-0.39, 0.29) is 12.0 Å². The number of aliphatic hydroxyl groups is 1. The van der Waals surface area contributed by atoms with Crippen LogP contribution >= 0.6 is 0 Å². The lowest BCUT2D eigenvalue weighted by Crippen LogP contribution is -2.62. The maximum atomic E-state index is 13.0. The van der Waals surface area contributed by atoms with Crippen LogP contribution in [-0.4, -0.2) is 43.5 Å². The molecule has 1 fully saturated rings. The van der Waals surface area contributed by atoms with Gasteiger partial charge in [0, 0.05) is 20.8 Å². The second-order valence-electron chi connectivity index (χ2n) is 9.21. The van der Waals surface area contributed by atoms with Gasteiger partial charge < -0.3 is 15.2 Å². The van der Waals surface area contributed by atoms with Gasteiger partial charge in [-0.1, -0.05) is 18.2 Å². The van der Waals surface area contributed by atoms with Crippen LogP contribution in [0.2, 0.25) is 0 Å². The highest BCUT2D eigenvalue weighted by Gasteiger charge is 2.48. The van der Waals surface area contributed by atoms with E-state index in [1.165, 1.54) is 0 Å². The second-order valence-corrected chi connectivity index (χ2v) is 9.21. The molecule has 5 heteroatoms. The van der Waals surface area contributed by atoms with E-state index in [0.717, 1.165) is 10.3 Å². The number of hydrogen-bond acceptors (Lipinski definition) is 4. The Kier molecular flexibility index (Phi) is 5.22. The molecule has 1 aromatic rings. The minimum absolute atomic E-state index is 0.283. The third kappa shape index (κ3) is 4.33. The molecular formula is C20H32N2O3. The summed E-state index contributed by atoms with van der Waals surface area (Å²) < 4.78 is 0.930. The lowest BCUT2D eigenvalue weighted by molar-refractivity contribution is -0.548. The molecule has 1 aromatic carbocycles. The Balaban J connectivity index is 2.50. The van der Waals surface area contributed by atoms with Crippen molar-refractivity contribution in [3.8, 4) is 0 Å². The first-order valence-corrected chi connectivity index (χ1v) is 8.91. The molecule has 0 aromatic heterocycles. The van der Waals surface area contributed by atoms with E-state index < -0.39 is 16.6 Å². The summed E-state index contributed by atoms with van der Waals surface area (Å²) in [5.41, 5.74) is -0.695. The van der Waals surface area contributed by atoms with Crippen molar-refractivity contribution in [1.82, 2.24) is 5.06 Å². The van der Waals surface area contributed by atoms with Crippen molar-refractivity contribution in [2.75, 3.05) is 0 Å². The van der Waals surface area contributed by atoms with Gasteiger partial charge in [0.15, 0.2) is 5.54 Å². The Labute approximate surface area is 151 Å². The van der Waals surface area contributed by atoms with Gasteiger partial charge in [-0.15, -0.1) is 5.06 Å². The van der Waals surface area contributed by atoms with E-state index in [0.29, 0.717) is 12.8 Å². The zero-order valence-electron chi connectivity index (χ0n) is 16.5. The van der Waals surface area contributed by atoms with E-state index in [9.17, 15) is 10.3 Å². The lowest BCUT2D eigenvalue weighted by atomic mass is 9.80. The van der Waals surface area contributed by atoms with Gasteiger partial charge in [0.1, 0.15) is 0 Å². The van der Waals surface area contributed by atoms with E-state index >= 15 is 0 Å². The van der Waals surface area contributed by atoms with E-state index in [4.69, 9.17) is 4.84 Å². The van der Waals surface area contributed by atoms with Gasteiger partial charge in [0.25, 0.3) is 0 Å². The van der Waals surface area contributed by atoms with Gasteiger partial charge in [-0.25, -0.2) is 0 Å². The number of hydroxylamine groups is 3. The third-order valence-corrected chi connectivity index (χ3v) is 4.56. The number of rotatable bonds is 2. The molecule has 0 bridgehead atoms. The van der Waals surface area contributed by atoms with E-state index in [1.54, 1.807) is 0 Å². The summed E-state index contributed by atoms with van der Waals surface area (Å²) >= 11 is 0. The van der Waals surface area contributed by atoms with Crippen molar-refractivity contribution in [1.29, 1.82) is 0 Å². The van der Waals surface area contributed by atoms with Crippen LogP contribution in [0.5, 0.6) is 0 Å². The first-order valence-electron chi connectivity index (χ1n) is 8.91. The first kappa shape index (κ1) is 19.7. The summed E-state index contributed by atoms with van der Waals surface area (Å²) in [6.45, 7) is 13.7. The predicted octanol–water partition coefficient (Wildman–Crippen LogP) is 3.69. The molecule has 25 heavy (non-hydrogen) atoms. The lowest BCUT2D eigenvalue weighted by Gasteiger charge is -2.51. The standard InChI is InChI=1S/C20H32N2O3/c1-18(2,3)21(24)17(15-11-9-8-10-12-15)25-22-19(4,5)13-16(23)14-20(22,6)7/h8-12,16,23H,13-14H2,1-7H3. The SMILES string of the molecule is CC1(C)CC(O)CC(C)(C)N1OC(c1ccccc1)=[N+]([O-])C(C)(C)C. The van der Waals surface area contributed by atoms with Crippen LogP contribution in [0.3, 0.4) is 0 Å². The number of hydrogen-bond donors (Lipinski definition) is 1. The summed E-state index contributed by atoms with van der Waals surface area (Å²) in [7, 11) is 0. The number of piperidine rings is 1. The molecule has 0 aliphatic carbocycles. The molecule has 1 N–H and O–H groups in total. The van der Waals surface area contributed by atoms with Crippen LogP contribution in [0.1, 0.15) is 66.9 Å². The molecule has 1 heterocycles. The Morgan fingerprint density at radius 3 is 2.04 bits per heavy atom. The van der Waals surface area contributed by atoms with Crippen LogP contribution in [-0.2, 0) is 4.84 Å². The fraction of sp³-hybridized carbons (Fsp3) is 0.650. The van der Waals surface area contributed by atoms with Gasteiger partial charge in [-0.3, -0.25) is 0 Å². The molecule has 1 aliphatic heterocycles. The third-order valence-electron chi connectivity index (χ3n) is 4.56. The van der Waals surface area contributed by atoms with Crippen LogP contribution in [0.4, 0.5) is 0 Å². The first-order chi connectivity index (χ1) is 11.3. The van der Waals surface area contributed by atoms with Gasteiger partial charge in [-0.05, 0) is 52.7 Å². The molecule has 0 spiro atoms. The molecule has 0 atom stereocenters. The molecule has 1 saturated heterocycles. The number of benzene rings is 1. The quantitative estimate of drug-likeness (QED) is 0.291. The molecule has 140 valence electrons. The Hall–Kier alpha value is -1.59. The van der Waals surface area contributed by atoms with E-state index in [1.807, 2.05) is 83.9 Å². The Morgan fingerprint density at radius 2 is 1.60 bits per heavy atom. The Bertz CT molecular complexity index is 612. The topological polar surface area (TPSA) is 58.8 Å². The summed E-state index contributed by atoms with van der Waals surface area (Å²) in [4.78, 5) is 6.30. The zero-order valence-corrected chi connectivity index (χ0v) is 16.5. The van der Waals surface area contributed by atoms with Crippen molar-refractivity contribution in [3.05, 3.63) is 41.1 Å². The predicted molar refractivity (Wildman–Crippen MR) is 100 cm³/mol. The van der Waals surface area contributed by atoms with Crippen LogP contribution in [0, 0.1) is 5.21 Å². The molecular weight excluding hydrogens is 316 g/mol. The van der Waals surface area contributed by atoms with Crippen LogP contribution in [0.25, 0.3) is 0 Å². The molecule has 5 nitrogen and oxygen atoms in total. The zero-order chi connectivity index (χ0) is 19.0. The van der Waals surface area contributed by atoms with E-state index in [2.05, 4.69) is 0 Å². The van der Waals surface area contributed by atoms with Crippen molar-refractivity contribution >= 4 is 5.90 Å². The van der Waals surface area contributed by atoms with Crippen molar-refractivity contribution < 1.29 is 14.7 Å². The van der Waals surface area contributed by atoms with Gasteiger partial charge in [0.05, 0.1) is 22.7 Å². The highest BCUT2D eigenvalue weighted by atomic mass is 16.7. The monoisotopic (exact) mass is 348 g/mol. The summed E-state index contributed by atoms with van der Waals surface area (Å²) in [6.07, 6.45) is 0.802. The minimum atomic E-state index is -0.630. The average Bonchev–Trinajstić information content (AvgIpc) is 2.44. The molecule has 0 amide bonds. The molecule has 0 saturated carbocycles. The van der Waals surface area contributed by atoms with Gasteiger partial charge >= 0.3 is 5.90 Å². The second kappa shape index (κ2) is 6.61.